The molecule has 0 bridgehead atoms. The van der Waals surface area contributed by atoms with E-state index in [4.69, 9.17) is 9.84 Å². The standard InChI is InChI=1S/C13H25NO3/c1-12(2,11(15)16)7-9-14-8-5-6-13(3,10-14)17-4/h5-10H2,1-4H3,(H,15,16). The van der Waals surface area contributed by atoms with E-state index in [0.29, 0.717) is 6.42 Å². The summed E-state index contributed by atoms with van der Waals surface area (Å²) in [6.07, 6.45) is 2.89. The molecule has 0 aromatic rings. The van der Waals surface area contributed by atoms with Gasteiger partial charge in [-0.3, -0.25) is 4.79 Å². The van der Waals surface area contributed by atoms with Crippen LogP contribution in [0.3, 0.4) is 0 Å². The van der Waals surface area contributed by atoms with Crippen LogP contribution in [0.1, 0.15) is 40.0 Å². The molecule has 1 aliphatic heterocycles. The largest absolute Gasteiger partial charge is 0.481 e. The number of ether oxygens (including phenoxy) is 1. The Hall–Kier alpha value is -0.610. The predicted octanol–water partition coefficient (Wildman–Crippen LogP) is 1.99. The van der Waals surface area contributed by atoms with Crippen molar-refractivity contribution in [3.05, 3.63) is 0 Å². The number of likely N-dealkylation sites (tertiary alicyclic amines) is 1. The van der Waals surface area contributed by atoms with Crippen LogP contribution in [0.4, 0.5) is 0 Å². The Morgan fingerprint density at radius 3 is 2.71 bits per heavy atom. The molecule has 0 aliphatic carbocycles. The molecule has 0 saturated carbocycles. The van der Waals surface area contributed by atoms with E-state index in [2.05, 4.69) is 11.8 Å². The van der Waals surface area contributed by atoms with Crippen LogP contribution < -0.4 is 0 Å². The Labute approximate surface area is 104 Å². The van der Waals surface area contributed by atoms with Gasteiger partial charge in [-0.15, -0.1) is 0 Å². The van der Waals surface area contributed by atoms with Crippen molar-refractivity contribution in [2.45, 2.75) is 45.6 Å². The minimum absolute atomic E-state index is 0.0639. The van der Waals surface area contributed by atoms with E-state index in [1.54, 1.807) is 21.0 Å². The van der Waals surface area contributed by atoms with Crippen molar-refractivity contribution in [3.8, 4) is 0 Å². The molecule has 1 atom stereocenters. The minimum atomic E-state index is -0.719. The summed E-state index contributed by atoms with van der Waals surface area (Å²) in [5, 5.41) is 9.08. The first-order valence-electron chi connectivity index (χ1n) is 6.30. The average molecular weight is 243 g/mol. The highest BCUT2D eigenvalue weighted by atomic mass is 16.5. The Morgan fingerprint density at radius 1 is 1.53 bits per heavy atom. The molecule has 0 aromatic heterocycles. The smallest absolute Gasteiger partial charge is 0.309 e. The van der Waals surface area contributed by atoms with Gasteiger partial charge in [0.2, 0.25) is 0 Å². The average Bonchev–Trinajstić information content (AvgIpc) is 2.27. The van der Waals surface area contributed by atoms with E-state index in [1.165, 1.54) is 0 Å². The van der Waals surface area contributed by atoms with Crippen LogP contribution in [0.15, 0.2) is 0 Å². The number of methoxy groups -OCH3 is 1. The Bertz CT molecular complexity index is 278. The lowest BCUT2D eigenvalue weighted by molar-refractivity contribution is -0.147. The SMILES string of the molecule is COC1(C)CCCN(CCC(C)(C)C(=O)O)C1. The fraction of sp³-hybridized carbons (Fsp3) is 0.923. The molecule has 1 heterocycles. The summed E-state index contributed by atoms with van der Waals surface area (Å²) in [4.78, 5) is 13.4. The molecule has 0 radical (unpaired) electrons. The van der Waals surface area contributed by atoms with Gasteiger partial charge in [0.1, 0.15) is 0 Å². The topological polar surface area (TPSA) is 49.8 Å². The van der Waals surface area contributed by atoms with Gasteiger partial charge < -0.3 is 14.7 Å². The van der Waals surface area contributed by atoms with E-state index < -0.39 is 11.4 Å². The van der Waals surface area contributed by atoms with E-state index in [9.17, 15) is 4.79 Å². The van der Waals surface area contributed by atoms with Crippen LogP contribution in [0.5, 0.6) is 0 Å². The predicted molar refractivity (Wildman–Crippen MR) is 67.1 cm³/mol. The molecular formula is C13H25NO3. The first-order valence-corrected chi connectivity index (χ1v) is 6.30. The number of carbonyl (C=O) groups is 1. The molecule has 1 N–H and O–H groups in total. The summed E-state index contributed by atoms with van der Waals surface area (Å²) in [7, 11) is 1.75. The van der Waals surface area contributed by atoms with E-state index in [0.717, 1.165) is 32.5 Å². The minimum Gasteiger partial charge on any atom is -0.481 e. The number of carboxylic acids is 1. The van der Waals surface area contributed by atoms with Gasteiger partial charge in [-0.05, 0) is 53.1 Å². The highest BCUT2D eigenvalue weighted by Gasteiger charge is 2.33. The molecule has 1 unspecified atom stereocenters. The molecule has 1 saturated heterocycles. The lowest BCUT2D eigenvalue weighted by Crippen LogP contribution is -2.48. The van der Waals surface area contributed by atoms with Crippen LogP contribution in [0.25, 0.3) is 0 Å². The summed E-state index contributed by atoms with van der Waals surface area (Å²) in [6.45, 7) is 8.48. The van der Waals surface area contributed by atoms with Crippen molar-refractivity contribution in [1.82, 2.24) is 4.90 Å². The fourth-order valence-corrected chi connectivity index (χ4v) is 2.21. The highest BCUT2D eigenvalue weighted by Crippen LogP contribution is 2.26. The molecule has 4 nitrogen and oxygen atoms in total. The number of piperidine rings is 1. The Kier molecular flexibility index (Phi) is 4.55. The van der Waals surface area contributed by atoms with E-state index in [1.807, 2.05) is 0 Å². The number of hydrogen-bond donors (Lipinski definition) is 1. The molecular weight excluding hydrogens is 218 g/mol. The number of rotatable bonds is 5. The quantitative estimate of drug-likeness (QED) is 0.802. The summed E-state index contributed by atoms with van der Waals surface area (Å²) in [6, 6.07) is 0. The fourth-order valence-electron chi connectivity index (χ4n) is 2.21. The summed E-state index contributed by atoms with van der Waals surface area (Å²) < 4.78 is 5.53. The normalized spacial score (nSPS) is 27.1. The lowest BCUT2D eigenvalue weighted by atomic mass is 9.88. The van der Waals surface area contributed by atoms with Crippen molar-refractivity contribution in [2.24, 2.45) is 5.41 Å². The Morgan fingerprint density at radius 2 is 2.18 bits per heavy atom. The number of aliphatic carboxylic acids is 1. The van der Waals surface area contributed by atoms with Gasteiger partial charge in [0, 0.05) is 13.7 Å². The van der Waals surface area contributed by atoms with Crippen LogP contribution in [-0.4, -0.2) is 48.3 Å². The van der Waals surface area contributed by atoms with Crippen LogP contribution in [0.2, 0.25) is 0 Å². The molecule has 1 rings (SSSR count). The molecule has 17 heavy (non-hydrogen) atoms. The van der Waals surface area contributed by atoms with Crippen molar-refractivity contribution in [3.63, 3.8) is 0 Å². The maximum Gasteiger partial charge on any atom is 0.309 e. The molecule has 0 spiro atoms. The zero-order chi connectivity index (χ0) is 13.1. The van der Waals surface area contributed by atoms with Gasteiger partial charge in [-0.1, -0.05) is 0 Å². The maximum absolute atomic E-state index is 11.0. The highest BCUT2D eigenvalue weighted by molar-refractivity contribution is 5.73. The van der Waals surface area contributed by atoms with Gasteiger partial charge >= 0.3 is 5.97 Å². The zero-order valence-corrected chi connectivity index (χ0v) is 11.5. The second-order valence-corrected chi connectivity index (χ2v) is 5.97. The van der Waals surface area contributed by atoms with Crippen molar-refractivity contribution < 1.29 is 14.6 Å². The van der Waals surface area contributed by atoms with Crippen molar-refractivity contribution in [1.29, 1.82) is 0 Å². The van der Waals surface area contributed by atoms with E-state index in [-0.39, 0.29) is 5.60 Å². The molecule has 1 aliphatic rings. The molecule has 1 fully saturated rings. The molecule has 0 amide bonds. The molecule has 100 valence electrons. The number of hydrogen-bond acceptors (Lipinski definition) is 3. The first-order chi connectivity index (χ1) is 7.79. The van der Waals surface area contributed by atoms with Gasteiger partial charge in [0.05, 0.1) is 11.0 Å². The monoisotopic (exact) mass is 243 g/mol. The third-order valence-corrected chi connectivity index (χ3v) is 3.86. The summed E-state index contributed by atoms with van der Waals surface area (Å²) in [5.74, 6) is -0.719. The van der Waals surface area contributed by atoms with Crippen LogP contribution in [-0.2, 0) is 9.53 Å². The maximum atomic E-state index is 11.0. The summed E-state index contributed by atoms with van der Waals surface area (Å²) >= 11 is 0. The molecule has 4 heteroatoms. The third-order valence-electron chi connectivity index (χ3n) is 3.86. The number of nitrogens with zero attached hydrogens (tertiary/aromatic N) is 1. The Balaban J connectivity index is 2.45. The van der Waals surface area contributed by atoms with Crippen LogP contribution in [0, 0.1) is 5.41 Å². The van der Waals surface area contributed by atoms with Crippen LogP contribution >= 0.6 is 0 Å². The second-order valence-electron chi connectivity index (χ2n) is 5.97. The molecule has 0 aromatic carbocycles. The first kappa shape index (κ1) is 14.5. The number of carboxylic acid groups (broad SMARTS) is 1. The van der Waals surface area contributed by atoms with E-state index >= 15 is 0 Å². The van der Waals surface area contributed by atoms with Gasteiger partial charge in [0.25, 0.3) is 0 Å². The van der Waals surface area contributed by atoms with Gasteiger partial charge in [-0.2, -0.15) is 0 Å². The van der Waals surface area contributed by atoms with Crippen molar-refractivity contribution >= 4 is 5.97 Å². The lowest BCUT2D eigenvalue weighted by Gasteiger charge is -2.40. The van der Waals surface area contributed by atoms with Crippen molar-refractivity contribution in [2.75, 3.05) is 26.7 Å². The van der Waals surface area contributed by atoms with Gasteiger partial charge in [-0.25, -0.2) is 0 Å². The second kappa shape index (κ2) is 5.36. The van der Waals surface area contributed by atoms with Gasteiger partial charge in [0.15, 0.2) is 0 Å². The summed E-state index contributed by atoms with van der Waals surface area (Å²) in [5.41, 5.74) is -0.702. The zero-order valence-electron chi connectivity index (χ0n) is 11.5. The third kappa shape index (κ3) is 3.96.